The van der Waals surface area contributed by atoms with E-state index in [2.05, 4.69) is 5.32 Å². The first-order chi connectivity index (χ1) is 13.5. The Labute approximate surface area is 170 Å². The van der Waals surface area contributed by atoms with Crippen molar-refractivity contribution in [3.05, 3.63) is 59.1 Å². The molecule has 0 aromatic heterocycles. The van der Waals surface area contributed by atoms with Gasteiger partial charge in [-0.3, -0.25) is 9.59 Å². The zero-order valence-electron chi connectivity index (χ0n) is 16.0. The van der Waals surface area contributed by atoms with E-state index in [1.165, 1.54) is 4.90 Å². The molecule has 2 aromatic carbocycles. The number of ketones is 1. The van der Waals surface area contributed by atoms with Crippen LogP contribution >= 0.6 is 11.6 Å². The summed E-state index contributed by atoms with van der Waals surface area (Å²) in [6.07, 6.45) is 1.60. The summed E-state index contributed by atoms with van der Waals surface area (Å²) in [6, 6.07) is 14.5. The lowest BCUT2D eigenvalue weighted by molar-refractivity contribution is -0.897. The molecule has 1 saturated heterocycles. The standard InChI is InChI=1S/C22H25ClN2O3/c1-2-28-20-9-7-19(8-10-20)24-21(26)15-25-13-11-17(12-14-25)22(27)16-3-5-18(23)6-4-16/h3-10,17H,2,11-15H2,1H3,(H,24,26)/p+1. The molecule has 1 aliphatic rings. The van der Waals surface area contributed by atoms with E-state index >= 15 is 0 Å². The summed E-state index contributed by atoms with van der Waals surface area (Å²) < 4.78 is 5.40. The van der Waals surface area contributed by atoms with E-state index in [0.717, 1.165) is 37.4 Å². The number of carbonyl (C=O) groups is 2. The summed E-state index contributed by atoms with van der Waals surface area (Å²) in [5, 5.41) is 3.56. The molecule has 2 aromatic rings. The second-order valence-corrected chi connectivity index (χ2v) is 7.51. The van der Waals surface area contributed by atoms with Gasteiger partial charge in [-0.25, -0.2) is 0 Å². The highest BCUT2D eigenvalue weighted by Crippen LogP contribution is 2.19. The molecule has 1 heterocycles. The van der Waals surface area contributed by atoms with Crippen molar-refractivity contribution >= 4 is 29.0 Å². The van der Waals surface area contributed by atoms with Crippen LogP contribution in [0, 0.1) is 5.92 Å². The van der Waals surface area contributed by atoms with Crippen LogP contribution in [-0.4, -0.2) is 37.9 Å². The number of hydrogen-bond acceptors (Lipinski definition) is 3. The molecule has 1 amide bonds. The number of carbonyl (C=O) groups excluding carboxylic acids is 2. The number of likely N-dealkylation sites (tertiary alicyclic amines) is 1. The van der Waals surface area contributed by atoms with Crippen LogP contribution in [0.15, 0.2) is 48.5 Å². The maximum Gasteiger partial charge on any atom is 0.279 e. The molecule has 2 N–H and O–H groups in total. The van der Waals surface area contributed by atoms with Crippen LogP contribution in [0.2, 0.25) is 5.02 Å². The summed E-state index contributed by atoms with van der Waals surface area (Å²) in [5.74, 6) is 0.980. The molecule has 1 aliphatic heterocycles. The third-order valence-electron chi connectivity index (χ3n) is 5.05. The Bertz CT molecular complexity index is 798. The van der Waals surface area contributed by atoms with Crippen molar-refractivity contribution in [3.63, 3.8) is 0 Å². The molecule has 0 radical (unpaired) electrons. The number of nitrogens with one attached hydrogen (secondary N) is 2. The summed E-state index contributed by atoms with van der Waals surface area (Å²) in [5.41, 5.74) is 1.48. The van der Waals surface area contributed by atoms with E-state index in [1.54, 1.807) is 24.3 Å². The number of benzene rings is 2. The predicted octanol–water partition coefficient (Wildman–Crippen LogP) is 2.86. The first kappa shape index (κ1) is 20.4. The number of amides is 1. The summed E-state index contributed by atoms with van der Waals surface area (Å²) >= 11 is 5.89. The van der Waals surface area contributed by atoms with E-state index in [0.29, 0.717) is 23.7 Å². The number of piperidine rings is 1. The van der Waals surface area contributed by atoms with Gasteiger partial charge in [0.2, 0.25) is 0 Å². The fourth-order valence-electron chi connectivity index (χ4n) is 3.55. The highest BCUT2D eigenvalue weighted by Gasteiger charge is 2.29. The van der Waals surface area contributed by atoms with Crippen LogP contribution in [0.4, 0.5) is 5.69 Å². The second kappa shape index (κ2) is 9.71. The minimum Gasteiger partial charge on any atom is -0.494 e. The average molecular weight is 402 g/mol. The third kappa shape index (κ3) is 5.57. The molecular weight excluding hydrogens is 376 g/mol. The predicted molar refractivity (Wildman–Crippen MR) is 110 cm³/mol. The van der Waals surface area contributed by atoms with Crippen LogP contribution < -0.4 is 15.0 Å². The first-order valence-electron chi connectivity index (χ1n) is 9.71. The molecule has 0 saturated carbocycles. The molecule has 0 bridgehead atoms. The van der Waals surface area contributed by atoms with Gasteiger partial charge in [-0.15, -0.1) is 0 Å². The van der Waals surface area contributed by atoms with Crippen LogP contribution in [0.3, 0.4) is 0 Å². The third-order valence-corrected chi connectivity index (χ3v) is 5.30. The molecule has 0 spiro atoms. The van der Waals surface area contributed by atoms with E-state index in [4.69, 9.17) is 16.3 Å². The molecule has 5 nitrogen and oxygen atoms in total. The molecule has 148 valence electrons. The summed E-state index contributed by atoms with van der Waals surface area (Å²) in [7, 11) is 0. The number of Topliss-reactive ketones (excluding diaryl/α,β-unsaturated/α-hetero) is 1. The second-order valence-electron chi connectivity index (χ2n) is 7.08. The van der Waals surface area contributed by atoms with Crippen LogP contribution in [0.5, 0.6) is 5.75 Å². The van der Waals surface area contributed by atoms with Gasteiger partial charge < -0.3 is 15.0 Å². The van der Waals surface area contributed by atoms with Gasteiger partial charge in [-0.05, 0) is 55.5 Å². The molecule has 0 unspecified atom stereocenters. The number of halogens is 1. The molecule has 28 heavy (non-hydrogen) atoms. The van der Waals surface area contributed by atoms with Crippen molar-refractivity contribution < 1.29 is 19.2 Å². The van der Waals surface area contributed by atoms with E-state index in [9.17, 15) is 9.59 Å². The van der Waals surface area contributed by atoms with Gasteiger partial charge in [0.05, 0.1) is 19.7 Å². The smallest absolute Gasteiger partial charge is 0.279 e. The van der Waals surface area contributed by atoms with Gasteiger partial charge in [0.15, 0.2) is 12.3 Å². The van der Waals surface area contributed by atoms with E-state index in [1.807, 2.05) is 31.2 Å². The van der Waals surface area contributed by atoms with Crippen molar-refractivity contribution in [2.45, 2.75) is 19.8 Å². The van der Waals surface area contributed by atoms with Gasteiger partial charge in [-0.2, -0.15) is 0 Å². The zero-order valence-corrected chi connectivity index (χ0v) is 16.8. The van der Waals surface area contributed by atoms with Crippen LogP contribution in [-0.2, 0) is 4.79 Å². The van der Waals surface area contributed by atoms with Gasteiger partial charge in [-0.1, -0.05) is 11.6 Å². The van der Waals surface area contributed by atoms with Crippen molar-refractivity contribution in [1.82, 2.24) is 0 Å². The Kier molecular flexibility index (Phi) is 7.06. The molecule has 1 fully saturated rings. The number of quaternary nitrogens is 1. The normalized spacial score (nSPS) is 19.1. The van der Waals surface area contributed by atoms with Gasteiger partial charge in [0.25, 0.3) is 5.91 Å². The number of rotatable bonds is 7. The van der Waals surface area contributed by atoms with Crippen LogP contribution in [0.1, 0.15) is 30.1 Å². The lowest BCUT2D eigenvalue weighted by atomic mass is 9.89. The zero-order chi connectivity index (χ0) is 19.9. The van der Waals surface area contributed by atoms with Crippen molar-refractivity contribution in [2.75, 3.05) is 31.6 Å². The fraction of sp³-hybridized carbons (Fsp3) is 0.364. The maximum absolute atomic E-state index is 12.6. The van der Waals surface area contributed by atoms with Crippen molar-refractivity contribution in [2.24, 2.45) is 5.92 Å². The first-order valence-corrected chi connectivity index (χ1v) is 10.1. The summed E-state index contributed by atoms with van der Waals surface area (Å²) in [4.78, 5) is 26.1. The molecule has 6 heteroatoms. The Morgan fingerprint density at radius 3 is 2.32 bits per heavy atom. The number of hydrogen-bond donors (Lipinski definition) is 2. The Morgan fingerprint density at radius 1 is 1.07 bits per heavy atom. The minimum atomic E-state index is -0.0124. The van der Waals surface area contributed by atoms with Gasteiger partial charge in [0, 0.05) is 35.0 Å². The molecule has 0 aliphatic carbocycles. The number of anilines is 1. The fourth-order valence-corrected chi connectivity index (χ4v) is 3.67. The highest BCUT2D eigenvalue weighted by molar-refractivity contribution is 6.30. The lowest BCUT2D eigenvalue weighted by Crippen LogP contribution is -3.14. The highest BCUT2D eigenvalue weighted by atomic mass is 35.5. The minimum absolute atomic E-state index is 0.0124. The molecule has 3 rings (SSSR count). The Hall–Kier alpha value is -2.37. The quantitative estimate of drug-likeness (QED) is 0.701. The Balaban J connectivity index is 1.45. The molecular formula is C22H26ClN2O3+. The van der Waals surface area contributed by atoms with Gasteiger partial charge >= 0.3 is 0 Å². The van der Waals surface area contributed by atoms with Crippen molar-refractivity contribution in [1.29, 1.82) is 0 Å². The topological polar surface area (TPSA) is 59.8 Å². The largest absolute Gasteiger partial charge is 0.494 e. The van der Waals surface area contributed by atoms with Gasteiger partial charge in [0.1, 0.15) is 5.75 Å². The lowest BCUT2D eigenvalue weighted by Gasteiger charge is -2.28. The summed E-state index contributed by atoms with van der Waals surface area (Å²) in [6.45, 7) is 4.60. The van der Waals surface area contributed by atoms with E-state index < -0.39 is 0 Å². The van der Waals surface area contributed by atoms with E-state index in [-0.39, 0.29) is 17.6 Å². The maximum atomic E-state index is 12.6. The van der Waals surface area contributed by atoms with Crippen molar-refractivity contribution in [3.8, 4) is 5.75 Å². The average Bonchev–Trinajstić information content (AvgIpc) is 2.70. The molecule has 0 atom stereocenters. The Morgan fingerprint density at radius 2 is 1.71 bits per heavy atom. The SMILES string of the molecule is CCOc1ccc(NC(=O)C[NH+]2CCC(C(=O)c3ccc(Cl)cc3)CC2)cc1. The monoisotopic (exact) mass is 401 g/mol. The number of ether oxygens (including phenoxy) is 1. The van der Waals surface area contributed by atoms with Crippen LogP contribution in [0.25, 0.3) is 0 Å².